The van der Waals surface area contributed by atoms with E-state index in [1.54, 1.807) is 48.5 Å². The molecule has 0 unspecified atom stereocenters. The molecule has 3 aromatic rings. The highest BCUT2D eigenvalue weighted by Crippen LogP contribution is 2.11. The monoisotopic (exact) mass is 559 g/mol. The number of hydrazine groups is 2. The number of amides is 4. The van der Waals surface area contributed by atoms with E-state index in [0.29, 0.717) is 11.1 Å². The molecule has 0 bridgehead atoms. The Labute approximate surface area is 199 Å². The second kappa shape index (κ2) is 10.6. The molecular weight excluding hydrogens is 546 g/mol. The number of aromatic nitrogens is 1. The van der Waals surface area contributed by atoms with Crippen LogP contribution in [0.1, 0.15) is 41.6 Å². The largest absolute Gasteiger partial charge is 0.288 e. The molecule has 3 rings (SSSR count). The fourth-order valence-corrected chi connectivity index (χ4v) is 2.90. The first kappa shape index (κ1) is 23.1. The summed E-state index contributed by atoms with van der Waals surface area (Å²) >= 11 is 6.55. The summed E-state index contributed by atoms with van der Waals surface area (Å²) in [5, 5.41) is 0. The van der Waals surface area contributed by atoms with E-state index in [4.69, 9.17) is 0 Å². The summed E-state index contributed by atoms with van der Waals surface area (Å²) in [6.07, 6.45) is 1.17. The van der Waals surface area contributed by atoms with Gasteiger partial charge in [0.15, 0.2) is 0 Å². The number of hydrogen-bond acceptors (Lipinski definition) is 5. The Morgan fingerprint density at radius 2 is 0.906 bits per heavy atom. The predicted molar refractivity (Wildman–Crippen MR) is 122 cm³/mol. The number of halogens is 2. The Morgan fingerprint density at radius 3 is 1.31 bits per heavy atom. The Morgan fingerprint density at radius 1 is 0.531 bits per heavy atom. The summed E-state index contributed by atoms with van der Waals surface area (Å²) in [5.74, 6) is -2.26. The highest BCUT2D eigenvalue weighted by molar-refractivity contribution is 9.10. The van der Waals surface area contributed by atoms with Gasteiger partial charge in [-0.1, -0.05) is 31.9 Å². The zero-order valence-corrected chi connectivity index (χ0v) is 19.4. The van der Waals surface area contributed by atoms with Crippen LogP contribution in [0.2, 0.25) is 0 Å². The average Bonchev–Trinajstić information content (AvgIpc) is 2.81. The lowest BCUT2D eigenvalue weighted by atomic mass is 10.2. The maximum atomic E-state index is 12.2. The van der Waals surface area contributed by atoms with E-state index < -0.39 is 23.6 Å². The van der Waals surface area contributed by atoms with Crippen molar-refractivity contribution in [2.24, 2.45) is 0 Å². The van der Waals surface area contributed by atoms with Crippen molar-refractivity contribution in [1.82, 2.24) is 26.7 Å². The van der Waals surface area contributed by atoms with Crippen LogP contribution in [0.5, 0.6) is 0 Å². The molecule has 32 heavy (non-hydrogen) atoms. The van der Waals surface area contributed by atoms with Crippen molar-refractivity contribution < 1.29 is 19.2 Å². The van der Waals surface area contributed by atoms with Gasteiger partial charge in [-0.2, -0.15) is 0 Å². The van der Waals surface area contributed by atoms with Crippen LogP contribution in [-0.4, -0.2) is 28.6 Å². The molecule has 0 aliphatic carbocycles. The van der Waals surface area contributed by atoms with Gasteiger partial charge in [0, 0.05) is 26.3 Å². The maximum absolute atomic E-state index is 12.2. The van der Waals surface area contributed by atoms with E-state index in [1.807, 2.05) is 0 Å². The molecule has 9 nitrogen and oxygen atoms in total. The lowest BCUT2D eigenvalue weighted by Crippen LogP contribution is -2.42. The molecule has 1 aromatic heterocycles. The van der Waals surface area contributed by atoms with Gasteiger partial charge in [-0.15, -0.1) is 0 Å². The van der Waals surface area contributed by atoms with Gasteiger partial charge in [0.2, 0.25) is 0 Å². The van der Waals surface area contributed by atoms with Gasteiger partial charge in [0.1, 0.15) is 5.69 Å². The van der Waals surface area contributed by atoms with Crippen LogP contribution in [0.3, 0.4) is 0 Å². The minimum Gasteiger partial charge on any atom is -0.267 e. The van der Waals surface area contributed by atoms with E-state index in [9.17, 15) is 19.2 Å². The Bertz CT molecular complexity index is 1060. The van der Waals surface area contributed by atoms with Crippen LogP contribution in [0.15, 0.2) is 75.8 Å². The number of rotatable bonds is 4. The molecular formula is C21H15Br2N5O4. The van der Waals surface area contributed by atoms with Crippen LogP contribution in [0.25, 0.3) is 0 Å². The van der Waals surface area contributed by atoms with E-state index >= 15 is 0 Å². The third-order valence-corrected chi connectivity index (χ3v) is 5.11. The van der Waals surface area contributed by atoms with Gasteiger partial charge in [0.25, 0.3) is 23.6 Å². The quantitative estimate of drug-likeness (QED) is 0.365. The van der Waals surface area contributed by atoms with Crippen molar-refractivity contribution in [1.29, 1.82) is 0 Å². The van der Waals surface area contributed by atoms with Crippen LogP contribution >= 0.6 is 31.9 Å². The smallest absolute Gasteiger partial charge is 0.267 e. The molecule has 0 aliphatic heterocycles. The summed E-state index contributed by atoms with van der Waals surface area (Å²) in [6, 6.07) is 15.8. The molecule has 0 fully saturated rings. The van der Waals surface area contributed by atoms with E-state index in [0.717, 1.165) is 8.95 Å². The van der Waals surface area contributed by atoms with Crippen molar-refractivity contribution in [2.45, 2.75) is 0 Å². The highest BCUT2D eigenvalue weighted by Gasteiger charge is 2.13. The zero-order chi connectivity index (χ0) is 23.1. The molecule has 0 atom stereocenters. The third kappa shape index (κ3) is 6.22. The molecule has 0 aliphatic rings. The van der Waals surface area contributed by atoms with Crippen molar-refractivity contribution in [2.75, 3.05) is 0 Å². The van der Waals surface area contributed by atoms with Gasteiger partial charge in [-0.05, 0) is 60.7 Å². The molecule has 1 heterocycles. The lowest BCUT2D eigenvalue weighted by molar-refractivity contribution is 0.0842. The fraction of sp³-hybridized carbons (Fsp3) is 0. The summed E-state index contributed by atoms with van der Waals surface area (Å²) in [6.45, 7) is 0. The number of carbonyl (C=O) groups excluding carboxylic acids is 4. The average molecular weight is 561 g/mol. The van der Waals surface area contributed by atoms with E-state index in [-0.39, 0.29) is 11.3 Å². The summed E-state index contributed by atoms with van der Waals surface area (Å²) < 4.78 is 1.64. The predicted octanol–water partition coefficient (Wildman–Crippen LogP) is 2.76. The third-order valence-electron chi connectivity index (χ3n) is 4.05. The van der Waals surface area contributed by atoms with E-state index in [2.05, 4.69) is 58.5 Å². The molecule has 162 valence electrons. The first-order valence-electron chi connectivity index (χ1n) is 9.02. The topological polar surface area (TPSA) is 129 Å². The van der Waals surface area contributed by atoms with Gasteiger partial charge in [0.05, 0.1) is 5.56 Å². The van der Waals surface area contributed by atoms with Crippen LogP contribution in [0, 0.1) is 0 Å². The van der Waals surface area contributed by atoms with Crippen molar-refractivity contribution in [3.05, 3.63) is 98.2 Å². The Hall–Kier alpha value is -3.57. The normalized spacial score (nSPS) is 10.1. The minimum atomic E-state index is -0.661. The van der Waals surface area contributed by atoms with E-state index in [1.165, 1.54) is 18.3 Å². The second-order valence-corrected chi connectivity index (χ2v) is 8.09. The molecule has 2 aromatic carbocycles. The summed E-state index contributed by atoms with van der Waals surface area (Å²) in [5.41, 5.74) is 9.93. The molecule has 0 radical (unpaired) electrons. The van der Waals surface area contributed by atoms with Gasteiger partial charge in [-0.3, -0.25) is 45.9 Å². The van der Waals surface area contributed by atoms with Gasteiger partial charge in [-0.25, -0.2) is 0 Å². The molecule has 0 saturated heterocycles. The standard InChI is InChI=1S/C21H15Br2N5O4/c22-15-6-1-12(2-7-15)18(29)25-27-20(31)14-5-10-17(24-11-14)21(32)28-26-19(30)13-3-8-16(23)9-4-13/h1-11H,(H,25,29)(H,26,30)(H,27,31)(H,28,32). The number of nitrogens with zero attached hydrogens (tertiary/aromatic N) is 1. The second-order valence-electron chi connectivity index (χ2n) is 6.26. The van der Waals surface area contributed by atoms with Gasteiger partial charge >= 0.3 is 0 Å². The van der Waals surface area contributed by atoms with Gasteiger partial charge < -0.3 is 0 Å². The molecule has 11 heteroatoms. The number of hydrogen-bond donors (Lipinski definition) is 4. The number of nitrogens with one attached hydrogen (secondary N) is 4. The highest BCUT2D eigenvalue weighted by atomic mass is 79.9. The Kier molecular flexibility index (Phi) is 7.68. The molecule has 0 spiro atoms. The molecule has 4 N–H and O–H groups in total. The summed E-state index contributed by atoms with van der Waals surface area (Å²) in [4.78, 5) is 52.3. The minimum absolute atomic E-state index is 0.0171. The number of benzene rings is 2. The fourth-order valence-electron chi connectivity index (χ4n) is 2.37. The van der Waals surface area contributed by atoms with Crippen LogP contribution in [-0.2, 0) is 0 Å². The molecule has 0 saturated carbocycles. The Balaban J connectivity index is 1.51. The first-order chi connectivity index (χ1) is 15.3. The van der Waals surface area contributed by atoms with Crippen molar-refractivity contribution in [3.8, 4) is 0 Å². The SMILES string of the molecule is O=C(NNC(=O)c1ccc(C(=O)NNC(=O)c2ccc(Br)cc2)nc1)c1ccc(Br)cc1. The lowest BCUT2D eigenvalue weighted by Gasteiger charge is -2.09. The first-order valence-corrected chi connectivity index (χ1v) is 10.6. The zero-order valence-electron chi connectivity index (χ0n) is 16.2. The van der Waals surface area contributed by atoms with Crippen molar-refractivity contribution in [3.63, 3.8) is 0 Å². The maximum Gasteiger partial charge on any atom is 0.288 e. The summed E-state index contributed by atoms with van der Waals surface area (Å²) in [7, 11) is 0. The molecule has 4 amide bonds. The number of carbonyl (C=O) groups is 4. The van der Waals surface area contributed by atoms with Crippen molar-refractivity contribution >= 4 is 55.5 Å². The van der Waals surface area contributed by atoms with Crippen LogP contribution in [0.4, 0.5) is 0 Å². The van der Waals surface area contributed by atoms with Crippen LogP contribution < -0.4 is 21.7 Å². The number of pyridine rings is 1.